The van der Waals surface area contributed by atoms with Crippen molar-refractivity contribution in [1.29, 1.82) is 0 Å². The van der Waals surface area contributed by atoms with E-state index in [0.29, 0.717) is 5.82 Å². The van der Waals surface area contributed by atoms with E-state index in [9.17, 15) is 0 Å². The molecule has 2 aromatic rings. The number of nitrogen functional groups attached to an aromatic ring is 1. The molecule has 1 heterocycles. The second-order valence-corrected chi connectivity index (χ2v) is 5.41. The minimum absolute atomic E-state index is 0.679. The first kappa shape index (κ1) is 14.0. The van der Waals surface area contributed by atoms with Crippen LogP contribution in [-0.4, -0.2) is 16.9 Å². The Hall–Kier alpha value is -1.43. The molecule has 0 aliphatic carbocycles. The fraction of sp³-hybridized carbons (Fsp3) is 0.214. The second-order valence-electron chi connectivity index (χ2n) is 4.50. The minimum atomic E-state index is 0.679. The molecule has 0 atom stereocenters. The zero-order chi connectivity index (χ0) is 13.7. The van der Waals surface area contributed by atoms with Gasteiger partial charge in [0.25, 0.3) is 0 Å². The number of rotatable bonds is 5. The molecule has 100 valence electrons. The Bertz CT molecular complexity index is 527. The van der Waals surface area contributed by atoms with Gasteiger partial charge in [-0.05, 0) is 36.4 Å². The lowest BCUT2D eigenvalue weighted by atomic mass is 10.2. The molecule has 0 saturated carbocycles. The third kappa shape index (κ3) is 4.31. The highest BCUT2D eigenvalue weighted by atomic mass is 79.9. The number of nitrogens with two attached hydrogens (primary N) is 1. The van der Waals surface area contributed by atoms with E-state index in [0.717, 1.165) is 23.1 Å². The third-order valence-corrected chi connectivity index (χ3v) is 3.26. The van der Waals surface area contributed by atoms with Crippen molar-refractivity contribution in [1.82, 2.24) is 9.88 Å². The van der Waals surface area contributed by atoms with Crippen molar-refractivity contribution in [2.24, 2.45) is 5.84 Å². The number of hydrogen-bond acceptors (Lipinski definition) is 4. The predicted octanol–water partition coefficient (Wildman–Crippen LogP) is 2.76. The smallest absolute Gasteiger partial charge is 0.139 e. The highest BCUT2D eigenvalue weighted by molar-refractivity contribution is 9.10. The zero-order valence-electron chi connectivity index (χ0n) is 10.8. The number of nitrogens with one attached hydrogen (secondary N) is 1. The molecule has 0 unspecified atom stereocenters. The van der Waals surface area contributed by atoms with E-state index >= 15 is 0 Å². The maximum absolute atomic E-state index is 5.29. The summed E-state index contributed by atoms with van der Waals surface area (Å²) in [5, 5.41) is 0. The highest BCUT2D eigenvalue weighted by Gasteiger charge is 2.03. The van der Waals surface area contributed by atoms with Crippen molar-refractivity contribution in [3.63, 3.8) is 0 Å². The van der Waals surface area contributed by atoms with Crippen LogP contribution >= 0.6 is 15.9 Å². The van der Waals surface area contributed by atoms with E-state index in [2.05, 4.69) is 56.5 Å². The molecule has 1 aromatic heterocycles. The monoisotopic (exact) mass is 320 g/mol. The van der Waals surface area contributed by atoms with Gasteiger partial charge in [-0.15, -0.1) is 0 Å². The Balaban J connectivity index is 1.95. The van der Waals surface area contributed by atoms with Gasteiger partial charge in [-0.25, -0.2) is 10.8 Å². The van der Waals surface area contributed by atoms with E-state index in [4.69, 9.17) is 5.84 Å². The van der Waals surface area contributed by atoms with Crippen LogP contribution in [0, 0.1) is 0 Å². The summed E-state index contributed by atoms with van der Waals surface area (Å²) in [6.45, 7) is 1.75. The Labute approximate surface area is 121 Å². The highest BCUT2D eigenvalue weighted by Crippen LogP contribution is 2.14. The number of halogens is 1. The van der Waals surface area contributed by atoms with E-state index in [1.165, 1.54) is 5.56 Å². The van der Waals surface area contributed by atoms with Gasteiger partial charge in [0, 0.05) is 23.8 Å². The molecule has 2 rings (SSSR count). The van der Waals surface area contributed by atoms with Crippen LogP contribution in [0.25, 0.3) is 0 Å². The van der Waals surface area contributed by atoms with Crippen LogP contribution in [0.4, 0.5) is 5.82 Å². The van der Waals surface area contributed by atoms with Crippen molar-refractivity contribution in [2.45, 2.75) is 13.1 Å². The van der Waals surface area contributed by atoms with Gasteiger partial charge >= 0.3 is 0 Å². The van der Waals surface area contributed by atoms with E-state index in [1.807, 2.05) is 24.4 Å². The Morgan fingerprint density at radius 1 is 1.21 bits per heavy atom. The average Bonchev–Trinajstić information content (AvgIpc) is 2.39. The molecule has 0 fully saturated rings. The van der Waals surface area contributed by atoms with Crippen LogP contribution < -0.4 is 11.3 Å². The molecule has 0 saturated heterocycles. The summed E-state index contributed by atoms with van der Waals surface area (Å²) in [5.74, 6) is 5.97. The Kier molecular flexibility index (Phi) is 4.90. The number of hydrogen-bond donors (Lipinski definition) is 2. The lowest BCUT2D eigenvalue weighted by Crippen LogP contribution is -2.17. The maximum atomic E-state index is 5.29. The van der Waals surface area contributed by atoms with Crippen LogP contribution in [0.5, 0.6) is 0 Å². The zero-order valence-corrected chi connectivity index (χ0v) is 12.4. The topological polar surface area (TPSA) is 54.2 Å². The number of nitrogens with zero attached hydrogens (tertiary/aromatic N) is 2. The number of benzene rings is 1. The molecule has 3 N–H and O–H groups in total. The molecule has 19 heavy (non-hydrogen) atoms. The SMILES string of the molecule is CN(Cc1ccc(NN)nc1)Cc1cccc(Br)c1. The fourth-order valence-corrected chi connectivity index (χ4v) is 2.36. The fourth-order valence-electron chi connectivity index (χ4n) is 1.92. The molecular weight excluding hydrogens is 304 g/mol. The first-order chi connectivity index (χ1) is 9.17. The van der Waals surface area contributed by atoms with Gasteiger partial charge in [0.1, 0.15) is 5.82 Å². The van der Waals surface area contributed by atoms with Gasteiger partial charge in [-0.2, -0.15) is 0 Å². The summed E-state index contributed by atoms with van der Waals surface area (Å²) in [6, 6.07) is 12.3. The maximum Gasteiger partial charge on any atom is 0.139 e. The molecule has 0 bridgehead atoms. The standard InChI is InChI=1S/C14H17BrN4/c1-19(9-11-3-2-4-13(15)7-11)10-12-5-6-14(18-16)17-8-12/h2-8H,9-10,16H2,1H3,(H,17,18). The summed E-state index contributed by atoms with van der Waals surface area (Å²) < 4.78 is 1.11. The number of anilines is 1. The van der Waals surface area contributed by atoms with Gasteiger partial charge in [0.2, 0.25) is 0 Å². The van der Waals surface area contributed by atoms with Crippen molar-refractivity contribution in [3.8, 4) is 0 Å². The lowest BCUT2D eigenvalue weighted by molar-refractivity contribution is 0.318. The summed E-state index contributed by atoms with van der Waals surface area (Å²) >= 11 is 3.49. The number of pyridine rings is 1. The Morgan fingerprint density at radius 3 is 2.63 bits per heavy atom. The first-order valence-corrected chi connectivity index (χ1v) is 6.81. The molecule has 4 nitrogen and oxygen atoms in total. The van der Waals surface area contributed by atoms with Crippen LogP contribution in [-0.2, 0) is 13.1 Å². The molecule has 0 radical (unpaired) electrons. The van der Waals surface area contributed by atoms with E-state index in [1.54, 1.807) is 0 Å². The summed E-state index contributed by atoms with van der Waals surface area (Å²) in [5.41, 5.74) is 4.97. The van der Waals surface area contributed by atoms with Gasteiger partial charge in [0.05, 0.1) is 0 Å². The van der Waals surface area contributed by atoms with Crippen LogP contribution in [0.1, 0.15) is 11.1 Å². The number of aromatic nitrogens is 1. The van der Waals surface area contributed by atoms with Crippen molar-refractivity contribution in [2.75, 3.05) is 12.5 Å². The predicted molar refractivity (Wildman–Crippen MR) is 81.4 cm³/mol. The van der Waals surface area contributed by atoms with Crippen LogP contribution in [0.2, 0.25) is 0 Å². The van der Waals surface area contributed by atoms with E-state index in [-0.39, 0.29) is 0 Å². The van der Waals surface area contributed by atoms with Crippen LogP contribution in [0.15, 0.2) is 47.1 Å². The van der Waals surface area contributed by atoms with Crippen molar-refractivity contribution >= 4 is 21.7 Å². The third-order valence-electron chi connectivity index (χ3n) is 2.77. The molecule has 0 aliphatic heterocycles. The van der Waals surface area contributed by atoms with Crippen molar-refractivity contribution in [3.05, 3.63) is 58.2 Å². The molecule has 5 heteroatoms. The van der Waals surface area contributed by atoms with Gasteiger partial charge < -0.3 is 5.43 Å². The minimum Gasteiger partial charge on any atom is -0.308 e. The summed E-state index contributed by atoms with van der Waals surface area (Å²) in [6.07, 6.45) is 1.84. The molecule has 1 aromatic carbocycles. The lowest BCUT2D eigenvalue weighted by Gasteiger charge is -2.17. The molecule has 0 aliphatic rings. The largest absolute Gasteiger partial charge is 0.308 e. The Morgan fingerprint density at radius 2 is 2.00 bits per heavy atom. The molecule has 0 spiro atoms. The van der Waals surface area contributed by atoms with Gasteiger partial charge in [0.15, 0.2) is 0 Å². The van der Waals surface area contributed by atoms with Gasteiger partial charge in [-0.1, -0.05) is 34.1 Å². The number of hydrazine groups is 1. The quantitative estimate of drug-likeness (QED) is 0.657. The van der Waals surface area contributed by atoms with Crippen LogP contribution in [0.3, 0.4) is 0 Å². The summed E-state index contributed by atoms with van der Waals surface area (Å²) in [7, 11) is 2.09. The molecule has 0 amide bonds. The first-order valence-electron chi connectivity index (χ1n) is 6.02. The summed E-state index contributed by atoms with van der Waals surface area (Å²) in [4.78, 5) is 6.45. The van der Waals surface area contributed by atoms with Gasteiger partial charge in [-0.3, -0.25) is 4.90 Å². The van der Waals surface area contributed by atoms with Crippen molar-refractivity contribution < 1.29 is 0 Å². The van der Waals surface area contributed by atoms with E-state index < -0.39 is 0 Å². The average molecular weight is 321 g/mol. The molecular formula is C14H17BrN4. The normalized spacial score (nSPS) is 10.7. The second kappa shape index (κ2) is 6.65.